The Hall–Kier alpha value is -0.120. The van der Waals surface area contributed by atoms with Crippen molar-refractivity contribution in [2.24, 2.45) is 5.41 Å². The lowest BCUT2D eigenvalue weighted by atomic mass is 9.74. The normalized spacial score (nSPS) is 29.2. The van der Waals surface area contributed by atoms with Gasteiger partial charge in [-0.2, -0.15) is 0 Å². The fourth-order valence-electron chi connectivity index (χ4n) is 2.47. The van der Waals surface area contributed by atoms with Gasteiger partial charge in [-0.05, 0) is 31.2 Å². The second-order valence-electron chi connectivity index (χ2n) is 5.47. The molecule has 0 radical (unpaired) electrons. The lowest BCUT2D eigenvalue weighted by Gasteiger charge is -2.40. The van der Waals surface area contributed by atoms with Gasteiger partial charge >= 0.3 is 0 Å². The van der Waals surface area contributed by atoms with Gasteiger partial charge < -0.3 is 14.8 Å². The molecule has 16 heavy (non-hydrogen) atoms. The maximum Gasteiger partial charge on any atom is 0.0734 e. The predicted molar refractivity (Wildman–Crippen MR) is 66.7 cm³/mol. The zero-order chi connectivity index (χ0) is 12.0. The molecule has 0 bridgehead atoms. The van der Waals surface area contributed by atoms with Crippen molar-refractivity contribution in [2.75, 3.05) is 26.9 Å². The first-order chi connectivity index (χ1) is 7.59. The standard InChI is InChI=1S/C13H27NO2/c1-5-14-11-6-7-13(2,3)10-12(11)16-9-8-15-4/h11-12,14H,5-10H2,1-4H3. The van der Waals surface area contributed by atoms with E-state index >= 15 is 0 Å². The zero-order valence-electron chi connectivity index (χ0n) is 11.2. The van der Waals surface area contributed by atoms with E-state index in [-0.39, 0.29) is 0 Å². The number of hydrogen-bond acceptors (Lipinski definition) is 3. The smallest absolute Gasteiger partial charge is 0.0734 e. The minimum Gasteiger partial charge on any atom is -0.382 e. The summed E-state index contributed by atoms with van der Waals surface area (Å²) in [5.41, 5.74) is 0.420. The molecule has 1 fully saturated rings. The Balaban J connectivity index is 2.43. The molecular formula is C13H27NO2. The Morgan fingerprint density at radius 3 is 2.69 bits per heavy atom. The van der Waals surface area contributed by atoms with E-state index in [1.165, 1.54) is 12.8 Å². The van der Waals surface area contributed by atoms with E-state index in [1.54, 1.807) is 7.11 Å². The summed E-state index contributed by atoms with van der Waals surface area (Å²) in [5.74, 6) is 0. The Morgan fingerprint density at radius 1 is 1.31 bits per heavy atom. The first kappa shape index (κ1) is 13.9. The highest BCUT2D eigenvalue weighted by molar-refractivity contribution is 4.89. The number of hydrogen-bond donors (Lipinski definition) is 1. The summed E-state index contributed by atoms with van der Waals surface area (Å²) < 4.78 is 11.0. The van der Waals surface area contributed by atoms with Gasteiger partial charge in [-0.15, -0.1) is 0 Å². The molecule has 0 aromatic heterocycles. The van der Waals surface area contributed by atoms with Crippen LogP contribution in [0.15, 0.2) is 0 Å². The minimum absolute atomic E-state index is 0.346. The molecule has 1 rings (SSSR count). The molecule has 3 heteroatoms. The highest BCUT2D eigenvalue weighted by Gasteiger charge is 2.34. The van der Waals surface area contributed by atoms with Crippen LogP contribution in [0.3, 0.4) is 0 Å². The average molecular weight is 229 g/mol. The van der Waals surface area contributed by atoms with Crippen molar-refractivity contribution in [2.45, 2.75) is 52.2 Å². The molecule has 0 amide bonds. The summed E-state index contributed by atoms with van der Waals surface area (Å²) in [6.07, 6.45) is 4.00. The summed E-state index contributed by atoms with van der Waals surface area (Å²) in [4.78, 5) is 0. The van der Waals surface area contributed by atoms with Crippen LogP contribution < -0.4 is 5.32 Å². The molecular weight excluding hydrogens is 202 g/mol. The molecule has 0 aromatic carbocycles. The summed E-state index contributed by atoms with van der Waals surface area (Å²) in [5, 5.41) is 3.53. The van der Waals surface area contributed by atoms with E-state index in [4.69, 9.17) is 9.47 Å². The molecule has 1 saturated carbocycles. The Morgan fingerprint density at radius 2 is 2.06 bits per heavy atom. The molecule has 2 atom stereocenters. The van der Waals surface area contributed by atoms with E-state index < -0.39 is 0 Å². The SMILES string of the molecule is CCNC1CCC(C)(C)CC1OCCOC. The van der Waals surface area contributed by atoms with E-state index in [9.17, 15) is 0 Å². The topological polar surface area (TPSA) is 30.5 Å². The minimum atomic E-state index is 0.346. The number of methoxy groups -OCH3 is 1. The van der Waals surface area contributed by atoms with E-state index in [2.05, 4.69) is 26.1 Å². The van der Waals surface area contributed by atoms with Crippen molar-refractivity contribution in [1.82, 2.24) is 5.32 Å². The van der Waals surface area contributed by atoms with Gasteiger partial charge in [0.1, 0.15) is 0 Å². The lowest BCUT2D eigenvalue weighted by Crippen LogP contribution is -2.47. The van der Waals surface area contributed by atoms with Crippen molar-refractivity contribution < 1.29 is 9.47 Å². The maximum atomic E-state index is 5.94. The third-order valence-corrected chi connectivity index (χ3v) is 3.42. The summed E-state index contributed by atoms with van der Waals surface area (Å²) in [6.45, 7) is 9.25. The van der Waals surface area contributed by atoms with Crippen molar-refractivity contribution in [1.29, 1.82) is 0 Å². The van der Waals surface area contributed by atoms with Gasteiger partial charge in [0.25, 0.3) is 0 Å². The second kappa shape index (κ2) is 6.58. The van der Waals surface area contributed by atoms with Crippen LogP contribution in [-0.2, 0) is 9.47 Å². The Kier molecular flexibility index (Phi) is 5.73. The second-order valence-corrected chi connectivity index (χ2v) is 5.47. The van der Waals surface area contributed by atoms with Crippen LogP contribution in [0.1, 0.15) is 40.0 Å². The Labute approximate surface area is 99.9 Å². The van der Waals surface area contributed by atoms with Crippen LogP contribution in [0.4, 0.5) is 0 Å². The summed E-state index contributed by atoms with van der Waals surface area (Å²) in [7, 11) is 1.72. The molecule has 0 saturated heterocycles. The first-order valence-electron chi connectivity index (χ1n) is 6.43. The number of likely N-dealkylation sites (N-methyl/N-ethyl adjacent to an activating group) is 1. The predicted octanol–water partition coefficient (Wildman–Crippen LogP) is 2.21. The molecule has 1 N–H and O–H groups in total. The quantitative estimate of drug-likeness (QED) is 0.708. The van der Waals surface area contributed by atoms with Crippen LogP contribution >= 0.6 is 0 Å². The fourth-order valence-corrected chi connectivity index (χ4v) is 2.47. The van der Waals surface area contributed by atoms with E-state index in [0.29, 0.717) is 30.8 Å². The lowest BCUT2D eigenvalue weighted by molar-refractivity contribution is -0.0437. The van der Waals surface area contributed by atoms with Crippen LogP contribution in [0, 0.1) is 5.41 Å². The summed E-state index contributed by atoms with van der Waals surface area (Å²) in [6, 6.07) is 0.523. The highest BCUT2D eigenvalue weighted by Crippen LogP contribution is 2.36. The van der Waals surface area contributed by atoms with Gasteiger partial charge in [0, 0.05) is 13.2 Å². The van der Waals surface area contributed by atoms with Crippen molar-refractivity contribution in [3.63, 3.8) is 0 Å². The largest absolute Gasteiger partial charge is 0.382 e. The molecule has 0 heterocycles. The molecule has 1 aliphatic rings. The zero-order valence-corrected chi connectivity index (χ0v) is 11.2. The van der Waals surface area contributed by atoms with Crippen LogP contribution in [0.25, 0.3) is 0 Å². The molecule has 3 nitrogen and oxygen atoms in total. The van der Waals surface area contributed by atoms with E-state index in [1.807, 2.05) is 0 Å². The Bertz CT molecular complexity index is 194. The van der Waals surface area contributed by atoms with Gasteiger partial charge in [0.05, 0.1) is 19.3 Å². The molecule has 2 unspecified atom stereocenters. The van der Waals surface area contributed by atoms with Gasteiger partial charge in [-0.25, -0.2) is 0 Å². The third-order valence-electron chi connectivity index (χ3n) is 3.42. The van der Waals surface area contributed by atoms with Crippen LogP contribution in [0.5, 0.6) is 0 Å². The van der Waals surface area contributed by atoms with Gasteiger partial charge in [-0.3, -0.25) is 0 Å². The average Bonchev–Trinajstić information content (AvgIpc) is 2.22. The number of ether oxygens (including phenoxy) is 2. The monoisotopic (exact) mass is 229 g/mol. The van der Waals surface area contributed by atoms with Crippen molar-refractivity contribution in [3.05, 3.63) is 0 Å². The van der Waals surface area contributed by atoms with Crippen molar-refractivity contribution >= 4 is 0 Å². The molecule has 1 aliphatic carbocycles. The number of nitrogens with one attached hydrogen (secondary N) is 1. The number of rotatable bonds is 6. The third kappa shape index (κ3) is 4.40. The van der Waals surface area contributed by atoms with Crippen molar-refractivity contribution in [3.8, 4) is 0 Å². The van der Waals surface area contributed by atoms with Gasteiger partial charge in [0.2, 0.25) is 0 Å². The van der Waals surface area contributed by atoms with Crippen LogP contribution in [0.2, 0.25) is 0 Å². The highest BCUT2D eigenvalue weighted by atomic mass is 16.5. The van der Waals surface area contributed by atoms with Gasteiger partial charge in [0.15, 0.2) is 0 Å². The molecule has 96 valence electrons. The van der Waals surface area contributed by atoms with Crippen LogP contribution in [-0.4, -0.2) is 39.0 Å². The fraction of sp³-hybridized carbons (Fsp3) is 1.00. The summed E-state index contributed by atoms with van der Waals surface area (Å²) >= 11 is 0. The molecule has 0 aliphatic heterocycles. The molecule has 0 aromatic rings. The van der Waals surface area contributed by atoms with E-state index in [0.717, 1.165) is 13.0 Å². The first-order valence-corrected chi connectivity index (χ1v) is 6.43. The molecule has 0 spiro atoms. The maximum absolute atomic E-state index is 5.94. The van der Waals surface area contributed by atoms with Gasteiger partial charge in [-0.1, -0.05) is 20.8 Å².